The highest BCUT2D eigenvalue weighted by Gasteiger charge is 2.10. The van der Waals surface area contributed by atoms with Gasteiger partial charge in [-0.05, 0) is 24.7 Å². The maximum Gasteiger partial charge on any atom is 0.147 e. The van der Waals surface area contributed by atoms with Crippen LogP contribution in [0, 0.1) is 11.8 Å². The van der Waals surface area contributed by atoms with Crippen molar-refractivity contribution in [3.05, 3.63) is 18.1 Å². The van der Waals surface area contributed by atoms with Crippen molar-refractivity contribution in [1.29, 1.82) is 0 Å². The lowest BCUT2D eigenvalue weighted by Crippen LogP contribution is -2.28. The van der Waals surface area contributed by atoms with Crippen LogP contribution in [-0.4, -0.2) is 23.1 Å². The lowest BCUT2D eigenvalue weighted by Gasteiger charge is -2.25. The average molecular weight is 284 g/mol. The molecule has 0 fully saturated rings. The Bertz CT molecular complexity index is 337. The monoisotopic (exact) mass is 283 g/mol. The zero-order valence-corrected chi connectivity index (χ0v) is 13.3. The van der Waals surface area contributed by atoms with Gasteiger partial charge in [0.2, 0.25) is 0 Å². The second kappa shape index (κ2) is 8.36. The van der Waals surface area contributed by atoms with E-state index in [1.165, 1.54) is 12.8 Å². The molecule has 0 aliphatic heterocycles. The Morgan fingerprint density at radius 3 is 1.95 bits per heavy atom. The van der Waals surface area contributed by atoms with Crippen molar-refractivity contribution >= 4 is 17.4 Å². The molecule has 0 spiro atoms. The predicted octanol–water partition coefficient (Wildman–Crippen LogP) is 4.11. The topological polar surface area (TPSA) is 29.0 Å². The van der Waals surface area contributed by atoms with Gasteiger partial charge in [0.15, 0.2) is 0 Å². The molecule has 4 heteroatoms. The fourth-order valence-electron chi connectivity index (χ4n) is 1.75. The van der Waals surface area contributed by atoms with E-state index in [1.54, 1.807) is 6.20 Å². The summed E-state index contributed by atoms with van der Waals surface area (Å²) in [6, 6.07) is 0. The van der Waals surface area contributed by atoms with Crippen LogP contribution >= 0.6 is 11.6 Å². The van der Waals surface area contributed by atoms with Gasteiger partial charge in [-0.25, -0.2) is 4.98 Å². The quantitative estimate of drug-likeness (QED) is 0.672. The molecule has 0 unspecified atom stereocenters. The number of hydrogen-bond acceptors (Lipinski definition) is 3. The van der Waals surface area contributed by atoms with Gasteiger partial charge in [0.1, 0.15) is 5.82 Å². The third kappa shape index (κ3) is 6.24. The fraction of sp³-hybridized carbons (Fsp3) is 0.733. The highest BCUT2D eigenvalue weighted by molar-refractivity contribution is 6.16. The normalized spacial score (nSPS) is 11.3. The van der Waals surface area contributed by atoms with Crippen molar-refractivity contribution in [2.24, 2.45) is 11.8 Å². The van der Waals surface area contributed by atoms with Gasteiger partial charge < -0.3 is 4.90 Å². The van der Waals surface area contributed by atoms with E-state index in [0.717, 1.165) is 24.6 Å². The standard InChI is InChI=1S/C15H26ClN3/c1-12(2)5-7-19(8-6-13(3)4)15-11-17-14(9-16)10-18-15/h10-13H,5-9H2,1-4H3. The van der Waals surface area contributed by atoms with Crippen LogP contribution in [-0.2, 0) is 5.88 Å². The van der Waals surface area contributed by atoms with Crippen LogP contribution < -0.4 is 4.90 Å². The number of aromatic nitrogens is 2. The summed E-state index contributed by atoms with van der Waals surface area (Å²) in [5.41, 5.74) is 0.832. The number of anilines is 1. The van der Waals surface area contributed by atoms with E-state index < -0.39 is 0 Å². The molecule has 0 aromatic carbocycles. The summed E-state index contributed by atoms with van der Waals surface area (Å²) in [6.07, 6.45) is 5.98. The zero-order chi connectivity index (χ0) is 14.3. The van der Waals surface area contributed by atoms with Gasteiger partial charge in [0.05, 0.1) is 24.0 Å². The lowest BCUT2D eigenvalue weighted by atomic mass is 10.1. The summed E-state index contributed by atoms with van der Waals surface area (Å²) < 4.78 is 0. The van der Waals surface area contributed by atoms with Crippen LogP contribution in [0.5, 0.6) is 0 Å². The minimum Gasteiger partial charge on any atom is -0.355 e. The first-order valence-corrected chi connectivity index (χ1v) is 7.68. The molecule has 1 aromatic heterocycles. The summed E-state index contributed by atoms with van der Waals surface area (Å²) >= 11 is 5.75. The molecule has 0 aliphatic rings. The Hall–Kier alpha value is -0.830. The minimum absolute atomic E-state index is 0.422. The minimum atomic E-state index is 0.422. The van der Waals surface area contributed by atoms with Crippen LogP contribution in [0.15, 0.2) is 12.4 Å². The third-order valence-electron chi connectivity index (χ3n) is 3.11. The summed E-state index contributed by atoms with van der Waals surface area (Å²) in [4.78, 5) is 11.2. The van der Waals surface area contributed by atoms with E-state index in [-0.39, 0.29) is 0 Å². The number of halogens is 1. The molecule has 0 aliphatic carbocycles. The average Bonchev–Trinajstić information content (AvgIpc) is 2.38. The van der Waals surface area contributed by atoms with E-state index in [0.29, 0.717) is 17.7 Å². The predicted molar refractivity (Wildman–Crippen MR) is 82.7 cm³/mol. The molecule has 1 rings (SSSR count). The van der Waals surface area contributed by atoms with E-state index in [9.17, 15) is 0 Å². The van der Waals surface area contributed by atoms with Gasteiger partial charge in [0.25, 0.3) is 0 Å². The molecule has 0 atom stereocenters. The fourth-order valence-corrected chi connectivity index (χ4v) is 1.89. The summed E-state index contributed by atoms with van der Waals surface area (Å²) in [6.45, 7) is 11.1. The SMILES string of the molecule is CC(C)CCN(CCC(C)C)c1cnc(CCl)cn1. The maximum absolute atomic E-state index is 5.75. The Kier molecular flexibility index (Phi) is 7.14. The van der Waals surface area contributed by atoms with Gasteiger partial charge in [-0.1, -0.05) is 27.7 Å². The van der Waals surface area contributed by atoms with Gasteiger partial charge in [-0.2, -0.15) is 0 Å². The Balaban J connectivity index is 2.69. The van der Waals surface area contributed by atoms with Gasteiger partial charge in [-0.15, -0.1) is 11.6 Å². The molecule has 1 heterocycles. The first-order chi connectivity index (χ1) is 9.02. The first-order valence-electron chi connectivity index (χ1n) is 7.14. The maximum atomic E-state index is 5.75. The molecule has 0 saturated heterocycles. The number of rotatable bonds is 8. The molecule has 3 nitrogen and oxygen atoms in total. The van der Waals surface area contributed by atoms with Gasteiger partial charge in [-0.3, -0.25) is 4.98 Å². The van der Waals surface area contributed by atoms with Crippen LogP contribution in [0.4, 0.5) is 5.82 Å². The smallest absolute Gasteiger partial charge is 0.147 e. The second-order valence-corrected chi connectivity index (χ2v) is 6.12. The number of alkyl halides is 1. The molecule has 19 heavy (non-hydrogen) atoms. The molecule has 0 saturated carbocycles. The van der Waals surface area contributed by atoms with Crippen molar-refractivity contribution in [1.82, 2.24) is 9.97 Å². The van der Waals surface area contributed by atoms with Crippen molar-refractivity contribution in [3.63, 3.8) is 0 Å². The summed E-state index contributed by atoms with van der Waals surface area (Å²) in [5, 5.41) is 0. The van der Waals surface area contributed by atoms with Crippen LogP contribution in [0.1, 0.15) is 46.2 Å². The highest BCUT2D eigenvalue weighted by atomic mass is 35.5. The number of hydrogen-bond donors (Lipinski definition) is 0. The number of nitrogens with zero attached hydrogens (tertiary/aromatic N) is 3. The molecule has 1 aromatic rings. The third-order valence-corrected chi connectivity index (χ3v) is 3.38. The molecule has 0 amide bonds. The van der Waals surface area contributed by atoms with Crippen molar-refractivity contribution < 1.29 is 0 Å². The molecule has 108 valence electrons. The molecular formula is C15H26ClN3. The molecule has 0 bridgehead atoms. The summed E-state index contributed by atoms with van der Waals surface area (Å²) in [7, 11) is 0. The second-order valence-electron chi connectivity index (χ2n) is 5.85. The van der Waals surface area contributed by atoms with E-state index in [2.05, 4.69) is 42.6 Å². The molecule has 0 radical (unpaired) electrons. The highest BCUT2D eigenvalue weighted by Crippen LogP contribution is 2.14. The van der Waals surface area contributed by atoms with Crippen molar-refractivity contribution in [2.75, 3.05) is 18.0 Å². The van der Waals surface area contributed by atoms with Crippen LogP contribution in [0.2, 0.25) is 0 Å². The Labute approximate surface area is 122 Å². The van der Waals surface area contributed by atoms with E-state index >= 15 is 0 Å². The lowest BCUT2D eigenvalue weighted by molar-refractivity contribution is 0.532. The van der Waals surface area contributed by atoms with E-state index in [4.69, 9.17) is 11.6 Å². The van der Waals surface area contributed by atoms with E-state index in [1.807, 2.05) is 6.20 Å². The Morgan fingerprint density at radius 1 is 1.00 bits per heavy atom. The summed E-state index contributed by atoms with van der Waals surface area (Å²) in [5.74, 6) is 2.80. The van der Waals surface area contributed by atoms with Crippen molar-refractivity contribution in [2.45, 2.75) is 46.4 Å². The first kappa shape index (κ1) is 16.2. The largest absolute Gasteiger partial charge is 0.355 e. The molecular weight excluding hydrogens is 258 g/mol. The molecule has 0 N–H and O–H groups in total. The van der Waals surface area contributed by atoms with Crippen LogP contribution in [0.25, 0.3) is 0 Å². The zero-order valence-electron chi connectivity index (χ0n) is 12.6. The van der Waals surface area contributed by atoms with Gasteiger partial charge in [0, 0.05) is 13.1 Å². The van der Waals surface area contributed by atoms with Crippen LogP contribution in [0.3, 0.4) is 0 Å². The van der Waals surface area contributed by atoms with Crippen molar-refractivity contribution in [3.8, 4) is 0 Å². The Morgan fingerprint density at radius 2 is 1.58 bits per heavy atom. The van der Waals surface area contributed by atoms with Gasteiger partial charge >= 0.3 is 0 Å².